The largest absolute Gasteiger partial charge is 0.462 e. The Morgan fingerprint density at radius 3 is 1.21 bits per heavy atom. The van der Waals surface area contributed by atoms with Gasteiger partial charge in [-0.05, 0) is 112 Å². The summed E-state index contributed by atoms with van der Waals surface area (Å²) in [5.41, 5.74) is 1.91. The SMILES string of the molecule is C=C(C)C(=O)OCCCCCN1C(=O)c2ccc3c4c(Oc5ccccc5)cc5c6c(ccc(c7c(Oc8ccccc8)cc(c2c37)C1=O)c64)C(=O)N(CCCCCOC(=O)C(=C)C)C5=O. The van der Waals surface area contributed by atoms with E-state index < -0.39 is 35.6 Å². The van der Waals surface area contributed by atoms with Crippen LogP contribution in [0.2, 0.25) is 0 Å². The summed E-state index contributed by atoms with van der Waals surface area (Å²) in [5, 5.41) is 4.63. The van der Waals surface area contributed by atoms with E-state index in [0.717, 1.165) is 0 Å². The highest BCUT2D eigenvalue weighted by Gasteiger charge is 2.39. The van der Waals surface area contributed by atoms with Gasteiger partial charge in [0.25, 0.3) is 23.6 Å². The molecule has 9 rings (SSSR count). The lowest BCUT2D eigenvalue weighted by Crippen LogP contribution is -2.41. The van der Waals surface area contributed by atoms with Crippen LogP contribution in [-0.4, -0.2) is 71.7 Å². The topological polar surface area (TPSA) is 146 Å². The fourth-order valence-corrected chi connectivity index (χ4v) is 8.96. The Morgan fingerprint density at radius 2 is 0.833 bits per heavy atom. The molecular weight excluding hydrogens is 837 g/mol. The van der Waals surface area contributed by atoms with Crippen molar-refractivity contribution in [3.05, 3.63) is 144 Å². The third kappa shape index (κ3) is 7.78. The number of hydrogen-bond acceptors (Lipinski definition) is 10. The fraction of sp³-hybridized carbons (Fsp3) is 0.222. The van der Waals surface area contributed by atoms with Crippen LogP contribution in [0.15, 0.2) is 121 Å². The molecule has 2 aliphatic heterocycles. The van der Waals surface area contributed by atoms with Gasteiger partial charge in [0.1, 0.15) is 23.0 Å². The third-order valence-corrected chi connectivity index (χ3v) is 12.1. The summed E-state index contributed by atoms with van der Waals surface area (Å²) in [4.78, 5) is 84.3. The minimum Gasteiger partial charge on any atom is -0.462 e. The monoisotopic (exact) mass is 882 g/mol. The number of amides is 4. The van der Waals surface area contributed by atoms with Gasteiger partial charge in [-0.1, -0.05) is 61.7 Å². The van der Waals surface area contributed by atoms with Crippen molar-refractivity contribution < 1.29 is 47.7 Å². The van der Waals surface area contributed by atoms with Crippen LogP contribution in [0.3, 0.4) is 0 Å². The van der Waals surface area contributed by atoms with Gasteiger partial charge in [0.2, 0.25) is 0 Å². The molecule has 12 heteroatoms. The average Bonchev–Trinajstić information content (AvgIpc) is 3.31. The zero-order valence-corrected chi connectivity index (χ0v) is 36.7. The molecule has 4 amide bonds. The van der Waals surface area contributed by atoms with Crippen LogP contribution in [0, 0.1) is 0 Å². The van der Waals surface area contributed by atoms with Gasteiger partial charge in [-0.3, -0.25) is 29.0 Å². The first-order valence-electron chi connectivity index (χ1n) is 22.1. The standard InChI is InChI=1S/C54H46N2O10/c1-31(2)53(61)63-27-15-7-13-25-55-49(57)37-23-21-35-46-42(66-34-19-11-6-12-20-34)30-40-44-38(50(58)56(52(40)60)26-14-8-16-28-64-54(62)32(3)4)24-22-36(48(44)46)45-41(65-33-17-9-5-10-18-33)29-39(51(55)59)43(37)47(35)45/h5-6,9-12,17-24,29-30H,1,3,7-8,13-16,25-28H2,2,4H3. The third-order valence-electron chi connectivity index (χ3n) is 12.1. The number of rotatable bonds is 18. The Kier molecular flexibility index (Phi) is 11.8. The molecule has 7 aromatic carbocycles. The normalized spacial score (nSPS) is 13.3. The van der Waals surface area contributed by atoms with Gasteiger partial charge in [0.15, 0.2) is 0 Å². The number of benzene rings is 7. The maximum Gasteiger partial charge on any atom is 0.333 e. The van der Waals surface area contributed by atoms with E-state index in [1.54, 1.807) is 38.1 Å². The van der Waals surface area contributed by atoms with Crippen LogP contribution in [0.4, 0.5) is 0 Å². The van der Waals surface area contributed by atoms with Gasteiger partial charge < -0.3 is 18.9 Å². The van der Waals surface area contributed by atoms with Gasteiger partial charge in [-0.25, -0.2) is 9.59 Å². The number of para-hydroxylation sites is 2. The predicted octanol–water partition coefficient (Wildman–Crippen LogP) is 11.1. The van der Waals surface area contributed by atoms with Crippen LogP contribution in [-0.2, 0) is 19.1 Å². The number of carbonyl (C=O) groups excluding carboxylic acids is 6. The quantitative estimate of drug-likeness (QED) is 0.0204. The van der Waals surface area contributed by atoms with E-state index in [1.165, 1.54) is 9.80 Å². The van der Waals surface area contributed by atoms with Crippen LogP contribution in [0.1, 0.15) is 93.8 Å². The first kappa shape index (κ1) is 43.4. The van der Waals surface area contributed by atoms with E-state index in [2.05, 4.69) is 13.2 Å². The van der Waals surface area contributed by atoms with E-state index in [9.17, 15) is 28.8 Å². The average molecular weight is 883 g/mol. The summed E-state index contributed by atoms with van der Waals surface area (Å²) in [6.07, 6.45) is 3.30. The van der Waals surface area contributed by atoms with Crippen molar-refractivity contribution in [2.24, 2.45) is 0 Å². The van der Waals surface area contributed by atoms with Gasteiger partial charge in [-0.15, -0.1) is 0 Å². The highest BCUT2D eigenvalue weighted by Crippen LogP contribution is 2.52. The summed E-state index contributed by atoms with van der Waals surface area (Å²) in [6.45, 7) is 11.1. The van der Waals surface area contributed by atoms with E-state index in [4.69, 9.17) is 18.9 Å². The van der Waals surface area contributed by atoms with Crippen LogP contribution >= 0.6 is 0 Å². The molecule has 2 aliphatic rings. The number of nitrogens with zero attached hydrogens (tertiary/aromatic N) is 2. The number of carbonyl (C=O) groups is 6. The lowest BCUT2D eigenvalue weighted by atomic mass is 9.81. The van der Waals surface area contributed by atoms with Gasteiger partial charge in [0.05, 0.1) is 24.3 Å². The molecule has 7 aromatic rings. The number of ether oxygens (including phenoxy) is 4. The number of fused-ring (bicyclic) bond motifs is 2. The van der Waals surface area contributed by atoms with Crippen LogP contribution in [0.25, 0.3) is 43.1 Å². The zero-order chi connectivity index (χ0) is 46.2. The van der Waals surface area contributed by atoms with Crippen molar-refractivity contribution in [1.29, 1.82) is 0 Å². The second-order valence-corrected chi connectivity index (χ2v) is 16.7. The Labute approximate surface area is 380 Å². The fourth-order valence-electron chi connectivity index (χ4n) is 8.96. The lowest BCUT2D eigenvalue weighted by Gasteiger charge is -2.31. The summed E-state index contributed by atoms with van der Waals surface area (Å²) >= 11 is 0. The maximum absolute atomic E-state index is 14.6. The van der Waals surface area contributed by atoms with Crippen LogP contribution in [0.5, 0.6) is 23.0 Å². The van der Waals surface area contributed by atoms with Gasteiger partial charge >= 0.3 is 11.9 Å². The van der Waals surface area contributed by atoms with Crippen molar-refractivity contribution in [2.45, 2.75) is 52.4 Å². The first-order chi connectivity index (χ1) is 31.9. The molecule has 332 valence electrons. The second kappa shape index (κ2) is 18.0. The van der Waals surface area contributed by atoms with Crippen molar-refractivity contribution in [3.63, 3.8) is 0 Å². The molecule has 0 spiro atoms. The number of imide groups is 2. The van der Waals surface area contributed by atoms with Gasteiger partial charge in [-0.2, -0.15) is 0 Å². The van der Waals surface area contributed by atoms with Gasteiger partial charge in [0, 0.05) is 67.7 Å². The molecule has 0 atom stereocenters. The summed E-state index contributed by atoms with van der Waals surface area (Å²) in [7, 11) is 0. The Balaban J connectivity index is 1.18. The summed E-state index contributed by atoms with van der Waals surface area (Å²) < 4.78 is 23.8. The van der Waals surface area contributed by atoms with E-state index in [0.29, 0.717) is 138 Å². The second-order valence-electron chi connectivity index (χ2n) is 16.7. The van der Waals surface area contributed by atoms with Crippen molar-refractivity contribution in [3.8, 4) is 23.0 Å². The molecule has 0 bridgehead atoms. The van der Waals surface area contributed by atoms with Crippen molar-refractivity contribution in [1.82, 2.24) is 9.80 Å². The zero-order valence-electron chi connectivity index (χ0n) is 36.7. The molecule has 0 saturated carbocycles. The number of hydrogen-bond donors (Lipinski definition) is 0. The summed E-state index contributed by atoms with van der Waals surface area (Å²) in [5.74, 6) is -0.999. The van der Waals surface area contributed by atoms with Crippen molar-refractivity contribution in [2.75, 3.05) is 26.3 Å². The molecule has 0 radical (unpaired) electrons. The summed E-state index contributed by atoms with van der Waals surface area (Å²) in [6, 6.07) is 28.9. The Bertz CT molecular complexity index is 2960. The number of unbranched alkanes of at least 4 members (excludes halogenated alkanes) is 4. The molecule has 12 nitrogen and oxygen atoms in total. The van der Waals surface area contributed by atoms with E-state index >= 15 is 0 Å². The molecule has 0 saturated heterocycles. The molecule has 0 fully saturated rings. The predicted molar refractivity (Wildman–Crippen MR) is 251 cm³/mol. The van der Waals surface area contributed by atoms with E-state index in [-0.39, 0.29) is 26.3 Å². The minimum atomic E-state index is -0.469. The molecule has 0 aromatic heterocycles. The number of esters is 2. The maximum atomic E-state index is 14.6. The van der Waals surface area contributed by atoms with E-state index in [1.807, 2.05) is 72.8 Å². The van der Waals surface area contributed by atoms with Crippen LogP contribution < -0.4 is 9.47 Å². The van der Waals surface area contributed by atoms with Crippen molar-refractivity contribution >= 4 is 78.7 Å². The highest BCUT2D eigenvalue weighted by molar-refractivity contribution is 6.43. The smallest absolute Gasteiger partial charge is 0.333 e. The molecular formula is C54H46N2O10. The Morgan fingerprint density at radius 1 is 0.455 bits per heavy atom. The molecule has 0 unspecified atom stereocenters. The lowest BCUT2D eigenvalue weighted by molar-refractivity contribution is -0.139. The molecule has 0 N–H and O–H groups in total. The highest BCUT2D eigenvalue weighted by atomic mass is 16.5. The molecule has 66 heavy (non-hydrogen) atoms. The molecule has 0 aliphatic carbocycles. The minimum absolute atomic E-state index is 0.151. The first-order valence-corrected chi connectivity index (χ1v) is 22.1. The Hall–Kier alpha value is -7.86. The molecule has 2 heterocycles.